The molecule has 1 heterocycles. The average Bonchev–Trinajstić information content (AvgIpc) is 3.02. The Morgan fingerprint density at radius 3 is 2.19 bits per heavy atom. The maximum absolute atomic E-state index is 2.52. The molecule has 142 valence electrons. The van der Waals surface area contributed by atoms with Gasteiger partial charge in [0.2, 0.25) is 0 Å². The van der Waals surface area contributed by atoms with E-state index in [1.807, 2.05) is 0 Å². The number of rotatable bonds is 3. The van der Waals surface area contributed by atoms with Gasteiger partial charge in [0, 0.05) is 23.8 Å². The van der Waals surface area contributed by atoms with Crippen LogP contribution >= 0.6 is 0 Å². The van der Waals surface area contributed by atoms with Crippen molar-refractivity contribution in [1.82, 2.24) is 9.80 Å². The molecule has 0 radical (unpaired) electrons. The van der Waals surface area contributed by atoms with Crippen LogP contribution < -0.4 is 0 Å². The molecule has 3 aliphatic rings. The van der Waals surface area contributed by atoms with E-state index in [0.29, 0.717) is 29.8 Å². The summed E-state index contributed by atoms with van der Waals surface area (Å²) in [6.45, 7) is 18.5. The molecule has 0 aromatic heterocycles. The second-order valence-corrected chi connectivity index (χ2v) is 9.00. The second-order valence-electron chi connectivity index (χ2n) is 9.00. The van der Waals surface area contributed by atoms with Crippen molar-refractivity contribution in [3.63, 3.8) is 0 Å². The molecule has 0 aromatic rings. The molecule has 26 heavy (non-hydrogen) atoms. The van der Waals surface area contributed by atoms with E-state index in [2.05, 4.69) is 95.8 Å². The Balaban J connectivity index is 1.92. The molecule has 1 aliphatic heterocycles. The van der Waals surface area contributed by atoms with Crippen LogP contribution in [-0.2, 0) is 0 Å². The molecule has 0 saturated heterocycles. The van der Waals surface area contributed by atoms with Gasteiger partial charge in [-0.25, -0.2) is 0 Å². The first-order valence-corrected chi connectivity index (χ1v) is 10.2. The predicted octanol–water partition coefficient (Wildman–Crippen LogP) is 6.43. The molecule has 0 saturated carbocycles. The standard InChI is InChI=1S/C24H36N2/c1-15(2)24-25(22-11-16(3)20(7)17(4)12-22)9-10-26(24)23-13-18(5)21(8)19(6)14-23/h9-13,15-16,19-20,24H,14H2,1-8H3/t16-,19+,20?,24?/m0/s1. The highest BCUT2D eigenvalue weighted by molar-refractivity contribution is 5.36. The van der Waals surface area contributed by atoms with Gasteiger partial charge in [0.15, 0.2) is 0 Å². The van der Waals surface area contributed by atoms with Crippen LogP contribution in [-0.4, -0.2) is 16.0 Å². The number of allylic oxidation sites excluding steroid dienone is 7. The first-order chi connectivity index (χ1) is 12.2. The predicted molar refractivity (Wildman–Crippen MR) is 112 cm³/mol. The van der Waals surface area contributed by atoms with Gasteiger partial charge in [-0.15, -0.1) is 0 Å². The van der Waals surface area contributed by atoms with Gasteiger partial charge < -0.3 is 9.80 Å². The Morgan fingerprint density at radius 2 is 1.62 bits per heavy atom. The van der Waals surface area contributed by atoms with Crippen molar-refractivity contribution in [2.75, 3.05) is 0 Å². The molecule has 2 unspecified atom stereocenters. The van der Waals surface area contributed by atoms with Crippen molar-refractivity contribution >= 4 is 0 Å². The van der Waals surface area contributed by atoms with Crippen LogP contribution in [0.25, 0.3) is 0 Å². The Hall–Kier alpha value is -1.70. The van der Waals surface area contributed by atoms with Crippen LogP contribution in [0.15, 0.2) is 58.7 Å². The number of hydrogen-bond acceptors (Lipinski definition) is 2. The lowest BCUT2D eigenvalue weighted by Gasteiger charge is -2.40. The summed E-state index contributed by atoms with van der Waals surface area (Å²) in [7, 11) is 0. The van der Waals surface area contributed by atoms with Crippen LogP contribution in [0.1, 0.15) is 61.8 Å². The molecule has 0 aromatic carbocycles. The van der Waals surface area contributed by atoms with Gasteiger partial charge in [-0.1, -0.05) is 57.4 Å². The molecular formula is C24H36N2. The summed E-state index contributed by atoms with van der Waals surface area (Å²) in [4.78, 5) is 5.01. The topological polar surface area (TPSA) is 6.48 Å². The highest BCUT2D eigenvalue weighted by Gasteiger charge is 2.35. The van der Waals surface area contributed by atoms with Gasteiger partial charge in [0.25, 0.3) is 0 Å². The summed E-state index contributed by atoms with van der Waals surface area (Å²) in [5, 5.41) is 0. The summed E-state index contributed by atoms with van der Waals surface area (Å²) in [5.74, 6) is 2.39. The number of hydrogen-bond donors (Lipinski definition) is 0. The zero-order valence-electron chi connectivity index (χ0n) is 17.9. The first-order valence-electron chi connectivity index (χ1n) is 10.2. The summed E-state index contributed by atoms with van der Waals surface area (Å²) < 4.78 is 0. The zero-order valence-corrected chi connectivity index (χ0v) is 17.9. The van der Waals surface area contributed by atoms with Crippen molar-refractivity contribution in [3.8, 4) is 0 Å². The number of nitrogens with zero attached hydrogens (tertiary/aromatic N) is 2. The molecule has 0 amide bonds. The molecule has 4 atom stereocenters. The highest BCUT2D eigenvalue weighted by Crippen LogP contribution is 2.39. The molecular weight excluding hydrogens is 316 g/mol. The van der Waals surface area contributed by atoms with E-state index in [0.717, 1.165) is 6.42 Å². The van der Waals surface area contributed by atoms with Gasteiger partial charge in [0.1, 0.15) is 6.17 Å². The quantitative estimate of drug-likeness (QED) is 0.577. The maximum atomic E-state index is 2.52. The average molecular weight is 353 g/mol. The third kappa shape index (κ3) is 3.31. The lowest BCUT2D eigenvalue weighted by atomic mass is 9.84. The third-order valence-electron chi connectivity index (χ3n) is 6.76. The van der Waals surface area contributed by atoms with Crippen LogP contribution in [0, 0.1) is 23.7 Å². The largest absolute Gasteiger partial charge is 0.329 e. The molecule has 2 nitrogen and oxygen atoms in total. The van der Waals surface area contributed by atoms with Crippen LogP contribution in [0.3, 0.4) is 0 Å². The lowest BCUT2D eigenvalue weighted by molar-refractivity contribution is 0.156. The van der Waals surface area contributed by atoms with Crippen LogP contribution in [0.5, 0.6) is 0 Å². The summed E-state index contributed by atoms with van der Waals surface area (Å²) in [5.41, 5.74) is 7.27. The van der Waals surface area contributed by atoms with E-state index in [1.54, 1.807) is 0 Å². The van der Waals surface area contributed by atoms with Crippen LogP contribution in [0.4, 0.5) is 0 Å². The summed E-state index contributed by atoms with van der Waals surface area (Å²) in [6, 6.07) is 0. The molecule has 0 spiro atoms. The van der Waals surface area contributed by atoms with Crippen molar-refractivity contribution in [2.45, 2.75) is 68.0 Å². The Kier molecular flexibility index (Phi) is 5.23. The van der Waals surface area contributed by atoms with Gasteiger partial charge in [-0.2, -0.15) is 0 Å². The maximum Gasteiger partial charge on any atom is 0.112 e. The zero-order chi connectivity index (χ0) is 19.2. The van der Waals surface area contributed by atoms with Crippen molar-refractivity contribution in [2.24, 2.45) is 23.7 Å². The smallest absolute Gasteiger partial charge is 0.112 e. The molecule has 0 N–H and O–H groups in total. The fourth-order valence-corrected chi connectivity index (χ4v) is 4.46. The van der Waals surface area contributed by atoms with Crippen molar-refractivity contribution in [3.05, 3.63) is 58.7 Å². The molecule has 0 fully saturated rings. The SMILES string of the molecule is CC1=CC(N2C=CN(C3=CC(C)=C(C)[C@H](C)C3)C2C(C)C)=C[C@H](C)C1C. The van der Waals surface area contributed by atoms with E-state index in [-0.39, 0.29) is 0 Å². The Morgan fingerprint density at radius 1 is 0.962 bits per heavy atom. The third-order valence-corrected chi connectivity index (χ3v) is 6.76. The van der Waals surface area contributed by atoms with Gasteiger partial charge in [-0.05, 0) is 63.0 Å². The molecule has 2 aliphatic carbocycles. The minimum atomic E-state index is 0.357. The van der Waals surface area contributed by atoms with E-state index >= 15 is 0 Å². The van der Waals surface area contributed by atoms with Gasteiger partial charge in [-0.3, -0.25) is 0 Å². The lowest BCUT2D eigenvalue weighted by Crippen LogP contribution is -2.42. The normalized spacial score (nSPS) is 32.3. The summed E-state index contributed by atoms with van der Waals surface area (Å²) >= 11 is 0. The Labute approximate surface area is 160 Å². The monoisotopic (exact) mass is 352 g/mol. The van der Waals surface area contributed by atoms with Crippen LogP contribution in [0.2, 0.25) is 0 Å². The first kappa shape index (κ1) is 19.1. The fourth-order valence-electron chi connectivity index (χ4n) is 4.46. The van der Waals surface area contributed by atoms with E-state index in [4.69, 9.17) is 0 Å². The van der Waals surface area contributed by atoms with Gasteiger partial charge >= 0.3 is 0 Å². The highest BCUT2D eigenvalue weighted by atomic mass is 15.4. The fraction of sp³-hybridized carbons (Fsp3) is 0.583. The van der Waals surface area contributed by atoms with Crippen molar-refractivity contribution < 1.29 is 0 Å². The summed E-state index contributed by atoms with van der Waals surface area (Å²) in [6.07, 6.45) is 13.3. The van der Waals surface area contributed by atoms with E-state index in [1.165, 1.54) is 28.1 Å². The molecule has 2 heteroatoms. The van der Waals surface area contributed by atoms with Gasteiger partial charge in [0.05, 0.1) is 0 Å². The Bertz CT molecular complexity index is 716. The second kappa shape index (κ2) is 7.13. The van der Waals surface area contributed by atoms with E-state index < -0.39 is 0 Å². The van der Waals surface area contributed by atoms with Crippen molar-refractivity contribution in [1.29, 1.82) is 0 Å². The van der Waals surface area contributed by atoms with E-state index in [9.17, 15) is 0 Å². The molecule has 3 rings (SSSR count). The molecule has 0 bridgehead atoms. The minimum Gasteiger partial charge on any atom is -0.329 e. The minimum absolute atomic E-state index is 0.357.